The number of anilines is 1. The van der Waals surface area contributed by atoms with Gasteiger partial charge in [0.2, 0.25) is 0 Å². The van der Waals surface area contributed by atoms with E-state index in [0.717, 1.165) is 24.9 Å². The van der Waals surface area contributed by atoms with Gasteiger partial charge in [-0.15, -0.1) is 0 Å². The van der Waals surface area contributed by atoms with Gasteiger partial charge in [-0.3, -0.25) is 11.5 Å². The maximum Gasteiger partial charge on any atom is 0.138 e. The Morgan fingerprint density at radius 2 is 2.00 bits per heavy atom. The first-order valence-electron chi connectivity index (χ1n) is 5.52. The summed E-state index contributed by atoms with van der Waals surface area (Å²) in [6.45, 7) is 4.20. The lowest BCUT2D eigenvalue weighted by molar-refractivity contribution is 0.460. The lowest BCUT2D eigenvalue weighted by Crippen LogP contribution is -2.56. The largest absolute Gasteiger partial charge is 0.355 e. The summed E-state index contributed by atoms with van der Waals surface area (Å²) in [6, 6.07) is 8.19. The van der Waals surface area contributed by atoms with Gasteiger partial charge in [0.05, 0.1) is 0 Å². The Morgan fingerprint density at radius 3 is 2.60 bits per heavy atom. The fourth-order valence-electron chi connectivity index (χ4n) is 1.61. The van der Waals surface area contributed by atoms with Crippen molar-refractivity contribution in [3.05, 3.63) is 29.8 Å². The number of rotatable bonds is 5. The molecule has 0 saturated heterocycles. The predicted molar refractivity (Wildman–Crippen MR) is 65.5 cm³/mol. The number of benzene rings is 1. The van der Waals surface area contributed by atoms with Crippen molar-refractivity contribution in [2.75, 3.05) is 5.32 Å². The molecule has 0 unspecified atom stereocenters. The van der Waals surface area contributed by atoms with Gasteiger partial charge in [-0.1, -0.05) is 32.4 Å². The molecule has 0 heterocycles. The molecule has 15 heavy (non-hydrogen) atoms. The van der Waals surface area contributed by atoms with E-state index in [9.17, 15) is 0 Å². The van der Waals surface area contributed by atoms with Gasteiger partial charge in [0.25, 0.3) is 0 Å². The van der Waals surface area contributed by atoms with Gasteiger partial charge in [0, 0.05) is 5.69 Å². The summed E-state index contributed by atoms with van der Waals surface area (Å²) in [6.07, 6.45) is 2.74. The van der Waals surface area contributed by atoms with Crippen LogP contribution in [0.2, 0.25) is 0 Å². The highest BCUT2D eigenvalue weighted by Crippen LogP contribution is 2.14. The minimum atomic E-state index is -0.804. The SMILES string of the molecule is CCCC(N)(N)Nc1cccc(CC)c1. The Bertz CT molecular complexity index is 307. The van der Waals surface area contributed by atoms with Crippen LogP contribution in [0.3, 0.4) is 0 Å². The monoisotopic (exact) mass is 207 g/mol. The molecule has 84 valence electrons. The van der Waals surface area contributed by atoms with Crippen LogP contribution in [-0.4, -0.2) is 5.79 Å². The molecule has 3 nitrogen and oxygen atoms in total. The molecule has 0 amide bonds. The molecule has 0 aromatic heterocycles. The second kappa shape index (κ2) is 5.14. The number of nitrogens with one attached hydrogen (secondary N) is 1. The van der Waals surface area contributed by atoms with Crippen LogP contribution in [0.5, 0.6) is 0 Å². The zero-order valence-corrected chi connectivity index (χ0v) is 9.59. The lowest BCUT2D eigenvalue weighted by Gasteiger charge is -2.26. The fourth-order valence-corrected chi connectivity index (χ4v) is 1.61. The average Bonchev–Trinajstić information content (AvgIpc) is 2.17. The van der Waals surface area contributed by atoms with Crippen LogP contribution in [0.1, 0.15) is 32.3 Å². The Kier molecular flexibility index (Phi) is 4.12. The summed E-state index contributed by atoms with van der Waals surface area (Å²) in [4.78, 5) is 0. The van der Waals surface area contributed by atoms with Crippen LogP contribution < -0.4 is 16.8 Å². The number of nitrogens with two attached hydrogens (primary N) is 2. The minimum Gasteiger partial charge on any atom is -0.355 e. The summed E-state index contributed by atoms with van der Waals surface area (Å²) in [5.74, 6) is -0.804. The maximum atomic E-state index is 5.92. The van der Waals surface area contributed by atoms with Crippen molar-refractivity contribution < 1.29 is 0 Å². The van der Waals surface area contributed by atoms with Crippen molar-refractivity contribution in [1.29, 1.82) is 0 Å². The van der Waals surface area contributed by atoms with Crippen molar-refractivity contribution >= 4 is 5.69 Å². The summed E-state index contributed by atoms with van der Waals surface area (Å²) >= 11 is 0. The maximum absolute atomic E-state index is 5.92. The second-order valence-corrected chi connectivity index (χ2v) is 3.97. The predicted octanol–water partition coefficient (Wildman–Crippen LogP) is 2.03. The zero-order chi connectivity index (χ0) is 11.3. The standard InChI is InChI=1S/C12H21N3/c1-3-8-12(13,14)15-11-7-5-6-10(4-2)9-11/h5-7,9,15H,3-4,8,13-14H2,1-2H3. The van der Waals surface area contributed by atoms with Crippen LogP contribution in [-0.2, 0) is 6.42 Å². The first-order valence-corrected chi connectivity index (χ1v) is 5.52. The second-order valence-electron chi connectivity index (χ2n) is 3.97. The molecule has 0 radical (unpaired) electrons. The van der Waals surface area contributed by atoms with Gasteiger partial charge in [0.15, 0.2) is 0 Å². The van der Waals surface area contributed by atoms with Crippen LogP contribution in [0.4, 0.5) is 5.69 Å². The van der Waals surface area contributed by atoms with Gasteiger partial charge in [0.1, 0.15) is 5.79 Å². The first-order chi connectivity index (χ1) is 7.07. The molecule has 0 atom stereocenters. The number of hydrogen-bond donors (Lipinski definition) is 3. The van der Waals surface area contributed by atoms with E-state index in [0.29, 0.717) is 0 Å². The summed E-state index contributed by atoms with van der Waals surface area (Å²) in [7, 11) is 0. The highest BCUT2D eigenvalue weighted by atomic mass is 15.2. The van der Waals surface area contributed by atoms with E-state index in [1.807, 2.05) is 12.1 Å². The summed E-state index contributed by atoms with van der Waals surface area (Å²) in [5, 5.41) is 3.15. The molecular weight excluding hydrogens is 186 g/mol. The Labute approximate surface area is 91.9 Å². The summed E-state index contributed by atoms with van der Waals surface area (Å²) < 4.78 is 0. The molecule has 0 aliphatic carbocycles. The third-order valence-corrected chi connectivity index (χ3v) is 2.38. The molecule has 1 rings (SSSR count). The van der Waals surface area contributed by atoms with Crippen LogP contribution in [0.25, 0.3) is 0 Å². The molecule has 5 N–H and O–H groups in total. The van der Waals surface area contributed by atoms with Gasteiger partial charge in [-0.05, 0) is 30.5 Å². The van der Waals surface area contributed by atoms with E-state index < -0.39 is 5.79 Å². The molecule has 0 saturated carbocycles. The van der Waals surface area contributed by atoms with Crippen molar-refractivity contribution in [1.82, 2.24) is 0 Å². The number of hydrogen-bond acceptors (Lipinski definition) is 3. The smallest absolute Gasteiger partial charge is 0.138 e. The van der Waals surface area contributed by atoms with E-state index in [4.69, 9.17) is 11.5 Å². The Hall–Kier alpha value is -1.06. The lowest BCUT2D eigenvalue weighted by atomic mass is 10.1. The minimum absolute atomic E-state index is 0.753. The topological polar surface area (TPSA) is 64.1 Å². The van der Waals surface area contributed by atoms with Gasteiger partial charge >= 0.3 is 0 Å². The summed E-state index contributed by atoms with van der Waals surface area (Å²) in [5.41, 5.74) is 14.1. The van der Waals surface area contributed by atoms with Gasteiger partial charge in [-0.25, -0.2) is 0 Å². The number of aryl methyl sites for hydroxylation is 1. The first kappa shape index (κ1) is 12.0. The van der Waals surface area contributed by atoms with E-state index >= 15 is 0 Å². The molecular formula is C12H21N3. The zero-order valence-electron chi connectivity index (χ0n) is 9.59. The molecule has 0 aliphatic rings. The fraction of sp³-hybridized carbons (Fsp3) is 0.500. The highest BCUT2D eigenvalue weighted by Gasteiger charge is 2.16. The van der Waals surface area contributed by atoms with E-state index in [1.54, 1.807) is 0 Å². The van der Waals surface area contributed by atoms with Crippen molar-refractivity contribution in [3.8, 4) is 0 Å². The van der Waals surface area contributed by atoms with Crippen molar-refractivity contribution in [3.63, 3.8) is 0 Å². The molecule has 0 aliphatic heterocycles. The van der Waals surface area contributed by atoms with Crippen molar-refractivity contribution in [2.45, 2.75) is 38.9 Å². The Morgan fingerprint density at radius 1 is 1.27 bits per heavy atom. The van der Waals surface area contributed by atoms with Gasteiger partial charge < -0.3 is 5.32 Å². The third-order valence-electron chi connectivity index (χ3n) is 2.38. The van der Waals surface area contributed by atoms with E-state index in [1.165, 1.54) is 5.56 Å². The molecule has 1 aromatic rings. The molecule has 0 spiro atoms. The molecule has 0 fully saturated rings. The van der Waals surface area contributed by atoms with Gasteiger partial charge in [-0.2, -0.15) is 0 Å². The quantitative estimate of drug-likeness (QED) is 0.647. The molecule has 3 heteroatoms. The average molecular weight is 207 g/mol. The normalized spacial score (nSPS) is 11.5. The molecule has 1 aromatic carbocycles. The molecule has 0 bridgehead atoms. The van der Waals surface area contributed by atoms with E-state index in [2.05, 4.69) is 31.3 Å². The highest BCUT2D eigenvalue weighted by molar-refractivity contribution is 5.47. The van der Waals surface area contributed by atoms with E-state index in [-0.39, 0.29) is 0 Å². The Balaban J connectivity index is 2.71. The third kappa shape index (κ3) is 3.90. The van der Waals surface area contributed by atoms with Crippen LogP contribution in [0, 0.1) is 0 Å². The van der Waals surface area contributed by atoms with Crippen molar-refractivity contribution in [2.24, 2.45) is 11.5 Å². The van der Waals surface area contributed by atoms with Crippen LogP contribution >= 0.6 is 0 Å². The van der Waals surface area contributed by atoms with Crippen LogP contribution in [0.15, 0.2) is 24.3 Å².